The zero-order chi connectivity index (χ0) is 17.6. The number of nitrogens with zero attached hydrogens (tertiary/aromatic N) is 3. The summed E-state index contributed by atoms with van der Waals surface area (Å²) in [5.41, 5.74) is 2.53. The molecule has 0 bridgehead atoms. The highest BCUT2D eigenvalue weighted by Crippen LogP contribution is 2.29. The van der Waals surface area contributed by atoms with E-state index in [1.807, 2.05) is 6.92 Å². The van der Waals surface area contributed by atoms with E-state index in [2.05, 4.69) is 45.2 Å². The summed E-state index contributed by atoms with van der Waals surface area (Å²) in [6.45, 7) is 5.84. The molecule has 2 aromatic rings. The number of aromatic nitrogens is 2. The molecule has 5 nitrogen and oxygen atoms in total. The second-order valence-electron chi connectivity index (χ2n) is 6.44. The summed E-state index contributed by atoms with van der Waals surface area (Å²) in [4.78, 5) is 23.2. The Kier molecular flexibility index (Phi) is 5.64. The number of anilines is 1. The lowest BCUT2D eigenvalue weighted by Crippen LogP contribution is -2.27. The van der Waals surface area contributed by atoms with Gasteiger partial charge in [0.1, 0.15) is 0 Å². The molecule has 5 heteroatoms. The van der Waals surface area contributed by atoms with E-state index in [4.69, 9.17) is 4.74 Å². The fourth-order valence-electron chi connectivity index (χ4n) is 3.36. The van der Waals surface area contributed by atoms with Gasteiger partial charge in [-0.1, -0.05) is 30.3 Å². The van der Waals surface area contributed by atoms with Crippen molar-refractivity contribution in [2.45, 2.75) is 39.0 Å². The van der Waals surface area contributed by atoms with E-state index in [1.54, 1.807) is 13.0 Å². The number of carbonyl (C=O) groups is 1. The lowest BCUT2D eigenvalue weighted by Gasteiger charge is -2.21. The van der Waals surface area contributed by atoms with Crippen molar-refractivity contribution < 1.29 is 9.53 Å². The molecule has 0 unspecified atom stereocenters. The summed E-state index contributed by atoms with van der Waals surface area (Å²) in [5, 5.41) is 0. The van der Waals surface area contributed by atoms with Gasteiger partial charge in [0, 0.05) is 18.8 Å². The van der Waals surface area contributed by atoms with Crippen LogP contribution in [-0.4, -0.2) is 35.6 Å². The molecule has 3 rings (SSSR count). The second kappa shape index (κ2) is 8.10. The Bertz CT molecular complexity index is 718. The van der Waals surface area contributed by atoms with Crippen LogP contribution in [-0.2, 0) is 4.74 Å². The normalized spacial score (nSPS) is 17.8. The van der Waals surface area contributed by atoms with Gasteiger partial charge in [-0.2, -0.15) is 0 Å². The minimum Gasteiger partial charge on any atom is -0.461 e. The smallest absolute Gasteiger partial charge is 0.357 e. The molecule has 132 valence electrons. The number of rotatable bonds is 4. The highest BCUT2D eigenvalue weighted by molar-refractivity contribution is 5.87. The Hall–Kier alpha value is -2.43. The van der Waals surface area contributed by atoms with Crippen LogP contribution in [0.5, 0.6) is 0 Å². The molecule has 0 N–H and O–H groups in total. The summed E-state index contributed by atoms with van der Waals surface area (Å²) < 4.78 is 5.08. The third-order valence-corrected chi connectivity index (χ3v) is 4.61. The number of aryl methyl sites for hydroxylation is 1. The quantitative estimate of drug-likeness (QED) is 0.794. The van der Waals surface area contributed by atoms with Crippen LogP contribution in [0, 0.1) is 6.92 Å². The largest absolute Gasteiger partial charge is 0.461 e. The van der Waals surface area contributed by atoms with E-state index in [0.717, 1.165) is 38.0 Å². The van der Waals surface area contributed by atoms with Gasteiger partial charge in [-0.05, 0) is 50.7 Å². The minimum absolute atomic E-state index is 0.341. The predicted octanol–water partition coefficient (Wildman–Crippen LogP) is 3.74. The number of hydrogen-bond acceptors (Lipinski definition) is 5. The van der Waals surface area contributed by atoms with Crippen molar-refractivity contribution >= 4 is 11.9 Å². The van der Waals surface area contributed by atoms with E-state index in [9.17, 15) is 4.79 Å². The zero-order valence-corrected chi connectivity index (χ0v) is 14.9. The zero-order valence-electron chi connectivity index (χ0n) is 14.9. The standard InChI is InChI=1S/C20H25N3O2/c1-3-25-19(24)18-14-15(2)21-20(22-18)23-12-7-10-17(11-13-23)16-8-5-4-6-9-16/h4-6,8-9,14,17H,3,7,10-13H2,1-2H3/t17-/m1/s1. The molecule has 1 aromatic heterocycles. The maximum Gasteiger partial charge on any atom is 0.357 e. The van der Waals surface area contributed by atoms with Gasteiger partial charge in [0.2, 0.25) is 5.95 Å². The Morgan fingerprint density at radius 2 is 2.00 bits per heavy atom. The maximum atomic E-state index is 12.0. The van der Waals surface area contributed by atoms with Crippen LogP contribution in [0.2, 0.25) is 0 Å². The van der Waals surface area contributed by atoms with Gasteiger partial charge in [-0.25, -0.2) is 14.8 Å². The molecule has 0 spiro atoms. The summed E-state index contributed by atoms with van der Waals surface area (Å²) in [6.07, 6.45) is 3.32. The lowest BCUT2D eigenvalue weighted by atomic mass is 9.92. The minimum atomic E-state index is -0.383. The number of benzene rings is 1. The molecule has 0 amide bonds. The molecular formula is C20H25N3O2. The van der Waals surface area contributed by atoms with Crippen molar-refractivity contribution in [3.8, 4) is 0 Å². The van der Waals surface area contributed by atoms with E-state index in [0.29, 0.717) is 24.2 Å². The summed E-state index contributed by atoms with van der Waals surface area (Å²) in [7, 11) is 0. The number of ether oxygens (including phenoxy) is 1. The number of carbonyl (C=O) groups excluding carboxylic acids is 1. The first-order chi connectivity index (χ1) is 12.2. The van der Waals surface area contributed by atoms with Gasteiger partial charge in [0.05, 0.1) is 6.61 Å². The molecule has 0 aliphatic carbocycles. The van der Waals surface area contributed by atoms with Gasteiger partial charge in [0.25, 0.3) is 0 Å². The van der Waals surface area contributed by atoms with Crippen LogP contribution >= 0.6 is 0 Å². The van der Waals surface area contributed by atoms with E-state index >= 15 is 0 Å². The van der Waals surface area contributed by atoms with Crippen molar-refractivity contribution in [2.24, 2.45) is 0 Å². The van der Waals surface area contributed by atoms with E-state index in [-0.39, 0.29) is 5.97 Å². The first kappa shape index (κ1) is 17.4. The number of hydrogen-bond donors (Lipinski definition) is 0. The fourth-order valence-corrected chi connectivity index (χ4v) is 3.36. The summed E-state index contributed by atoms with van der Waals surface area (Å²) >= 11 is 0. The van der Waals surface area contributed by atoms with Crippen LogP contribution in [0.4, 0.5) is 5.95 Å². The van der Waals surface area contributed by atoms with Gasteiger partial charge >= 0.3 is 5.97 Å². The van der Waals surface area contributed by atoms with E-state index < -0.39 is 0 Å². The van der Waals surface area contributed by atoms with Crippen molar-refractivity contribution in [1.82, 2.24) is 9.97 Å². The third kappa shape index (κ3) is 4.35. The molecule has 0 saturated carbocycles. The molecular weight excluding hydrogens is 314 g/mol. The van der Waals surface area contributed by atoms with Gasteiger partial charge < -0.3 is 9.64 Å². The third-order valence-electron chi connectivity index (χ3n) is 4.61. The van der Waals surface area contributed by atoms with Crippen LogP contribution in [0.3, 0.4) is 0 Å². The van der Waals surface area contributed by atoms with Crippen LogP contribution in [0.25, 0.3) is 0 Å². The van der Waals surface area contributed by atoms with Crippen LogP contribution in [0.1, 0.15) is 53.8 Å². The first-order valence-electron chi connectivity index (χ1n) is 9.00. The average molecular weight is 339 g/mol. The molecule has 1 aliphatic heterocycles. The Labute approximate surface area is 149 Å². The molecule has 1 aromatic carbocycles. The van der Waals surface area contributed by atoms with Crippen LogP contribution < -0.4 is 4.90 Å². The Balaban J connectivity index is 1.75. The van der Waals surface area contributed by atoms with E-state index in [1.165, 1.54) is 5.56 Å². The summed E-state index contributed by atoms with van der Waals surface area (Å²) in [6, 6.07) is 12.4. The highest BCUT2D eigenvalue weighted by atomic mass is 16.5. The molecule has 2 heterocycles. The van der Waals surface area contributed by atoms with Crippen molar-refractivity contribution in [2.75, 3.05) is 24.6 Å². The molecule has 1 aliphatic rings. The van der Waals surface area contributed by atoms with Gasteiger partial charge in [0.15, 0.2) is 5.69 Å². The van der Waals surface area contributed by atoms with Gasteiger partial charge in [-0.15, -0.1) is 0 Å². The monoisotopic (exact) mass is 339 g/mol. The lowest BCUT2D eigenvalue weighted by molar-refractivity contribution is 0.0519. The van der Waals surface area contributed by atoms with Crippen molar-refractivity contribution in [3.05, 3.63) is 53.3 Å². The van der Waals surface area contributed by atoms with Crippen molar-refractivity contribution in [3.63, 3.8) is 0 Å². The average Bonchev–Trinajstić information content (AvgIpc) is 2.88. The van der Waals surface area contributed by atoms with Gasteiger partial charge in [-0.3, -0.25) is 0 Å². The van der Waals surface area contributed by atoms with Crippen LogP contribution in [0.15, 0.2) is 36.4 Å². The molecule has 1 fully saturated rings. The maximum absolute atomic E-state index is 12.0. The molecule has 0 radical (unpaired) electrons. The Morgan fingerprint density at radius 3 is 2.76 bits per heavy atom. The molecule has 25 heavy (non-hydrogen) atoms. The molecule has 1 saturated heterocycles. The molecule has 1 atom stereocenters. The topological polar surface area (TPSA) is 55.3 Å². The number of esters is 1. The SMILES string of the molecule is CCOC(=O)c1cc(C)nc(N2CCC[C@@H](c3ccccc3)CC2)n1. The Morgan fingerprint density at radius 1 is 1.20 bits per heavy atom. The van der Waals surface area contributed by atoms with Crippen molar-refractivity contribution in [1.29, 1.82) is 0 Å². The highest BCUT2D eigenvalue weighted by Gasteiger charge is 2.21. The summed E-state index contributed by atoms with van der Waals surface area (Å²) in [5.74, 6) is 0.823. The first-order valence-corrected chi connectivity index (χ1v) is 9.00. The predicted molar refractivity (Wildman–Crippen MR) is 98.0 cm³/mol. The fraction of sp³-hybridized carbons (Fsp3) is 0.450. The second-order valence-corrected chi connectivity index (χ2v) is 6.44.